The largest absolute Gasteiger partial charge is 0.506 e. The van der Waals surface area contributed by atoms with Gasteiger partial charge < -0.3 is 24.2 Å². The molecule has 0 amide bonds. The lowest BCUT2D eigenvalue weighted by Crippen LogP contribution is -2.10. The highest BCUT2D eigenvalue weighted by Gasteiger charge is 2.28. The zero-order valence-electron chi connectivity index (χ0n) is 25.2. The Morgan fingerprint density at radius 1 is 0.702 bits per heavy atom. The lowest BCUT2D eigenvalue weighted by molar-refractivity contribution is 0.387. The van der Waals surface area contributed by atoms with E-state index in [1.54, 1.807) is 18.2 Å². The summed E-state index contributed by atoms with van der Waals surface area (Å²) < 4.78 is 18.8. The number of hydrogen-bond acceptors (Lipinski definition) is 5. The van der Waals surface area contributed by atoms with Gasteiger partial charge in [-0.25, -0.2) is 0 Å². The number of aromatic hydroxyl groups is 1. The molecule has 1 heterocycles. The highest BCUT2D eigenvalue weighted by atomic mass is 35.5. The maximum Gasteiger partial charge on any atom is 0.356 e. The predicted molar refractivity (Wildman–Crippen MR) is 193 cm³/mol. The van der Waals surface area contributed by atoms with Gasteiger partial charge in [0, 0.05) is 48.4 Å². The Bertz CT molecular complexity index is 2270. The minimum Gasteiger partial charge on any atom is -0.506 e. The van der Waals surface area contributed by atoms with Crippen LogP contribution in [0.2, 0.25) is 10.0 Å². The van der Waals surface area contributed by atoms with E-state index < -0.39 is 13.0 Å². The van der Waals surface area contributed by atoms with Crippen LogP contribution in [0.25, 0.3) is 57.7 Å². The molecule has 0 bridgehead atoms. The van der Waals surface area contributed by atoms with Crippen molar-refractivity contribution in [3.05, 3.63) is 134 Å². The molecular weight excluding hydrogens is 656 g/mol. The van der Waals surface area contributed by atoms with Crippen LogP contribution >= 0.6 is 30.8 Å². The molecule has 3 N–H and O–H groups in total. The molecule has 0 radical (unpaired) electrons. The second kappa shape index (κ2) is 12.9. The summed E-state index contributed by atoms with van der Waals surface area (Å²) in [4.78, 5) is 35.4. The molecular formula is C37H28Cl2NO6P. The minimum absolute atomic E-state index is 0.0114. The number of phenolic OH excluding ortho intramolecular Hbond substituents is 1. The van der Waals surface area contributed by atoms with Gasteiger partial charge in [-0.1, -0.05) is 96.0 Å². The first kappa shape index (κ1) is 32.3. The van der Waals surface area contributed by atoms with Crippen molar-refractivity contribution in [2.75, 3.05) is 19.0 Å². The number of fused-ring (bicyclic) bond motifs is 2. The molecule has 0 spiro atoms. The Kier molecular flexibility index (Phi) is 8.86. The monoisotopic (exact) mass is 683 g/mol. The maximum absolute atomic E-state index is 12.9. The first-order chi connectivity index (χ1) is 22.4. The quantitative estimate of drug-likeness (QED) is 0.0876. The molecule has 0 fully saturated rings. The second-order valence-corrected chi connectivity index (χ2v) is 13.6. The van der Waals surface area contributed by atoms with Gasteiger partial charge >= 0.3 is 7.60 Å². The summed E-state index contributed by atoms with van der Waals surface area (Å²) in [6.07, 6.45) is 7.71. The van der Waals surface area contributed by atoms with Crippen molar-refractivity contribution in [2.24, 2.45) is 0 Å². The van der Waals surface area contributed by atoms with E-state index in [9.17, 15) is 24.3 Å². The van der Waals surface area contributed by atoms with Crippen molar-refractivity contribution in [3.8, 4) is 28.2 Å². The van der Waals surface area contributed by atoms with Gasteiger partial charge in [0.15, 0.2) is 0 Å². The van der Waals surface area contributed by atoms with E-state index in [1.807, 2.05) is 56.6 Å². The molecule has 2 aliphatic rings. The van der Waals surface area contributed by atoms with E-state index in [0.717, 1.165) is 22.4 Å². The third-order valence-electron chi connectivity index (χ3n) is 7.73. The van der Waals surface area contributed by atoms with E-state index in [4.69, 9.17) is 27.6 Å². The lowest BCUT2D eigenvalue weighted by atomic mass is 9.93. The summed E-state index contributed by atoms with van der Waals surface area (Å²) in [5.41, 5.74) is 5.28. The molecule has 0 unspecified atom stereocenters. The first-order valence-corrected chi connectivity index (χ1v) is 16.8. The predicted octanol–water partition coefficient (Wildman–Crippen LogP) is 8.79. The zero-order valence-corrected chi connectivity index (χ0v) is 27.6. The van der Waals surface area contributed by atoms with Crippen molar-refractivity contribution in [1.82, 2.24) is 0 Å². The number of anilines is 1. The number of rotatable bonds is 7. The second-order valence-electron chi connectivity index (χ2n) is 11.2. The van der Waals surface area contributed by atoms with Crippen LogP contribution in [0, 0.1) is 0 Å². The molecule has 7 nitrogen and oxygen atoms in total. The Morgan fingerprint density at radius 2 is 1.26 bits per heavy atom. The zero-order chi connectivity index (χ0) is 33.5. The van der Waals surface area contributed by atoms with Gasteiger partial charge in [-0.3, -0.25) is 9.36 Å². The molecule has 10 heteroatoms. The van der Waals surface area contributed by atoms with Gasteiger partial charge in [-0.2, -0.15) is 0 Å². The topological polar surface area (TPSA) is 111 Å². The SMILES string of the molecule is CN(C)c1ccc(/C=C/c2ccc(/C=C/c3ccc(-c4c5cc(Cl)c(=O)cc-5oc5cc(O)c(Cl)cc45)c(P(=O)(O)O)c3)cc2)cc1. The van der Waals surface area contributed by atoms with Crippen molar-refractivity contribution in [3.63, 3.8) is 0 Å². The summed E-state index contributed by atoms with van der Waals surface area (Å²) in [6.45, 7) is 0. The smallest absolute Gasteiger partial charge is 0.356 e. The van der Waals surface area contributed by atoms with E-state index >= 15 is 0 Å². The highest BCUT2D eigenvalue weighted by Crippen LogP contribution is 2.46. The van der Waals surface area contributed by atoms with Gasteiger partial charge in [-0.15, -0.1) is 0 Å². The Balaban J connectivity index is 1.35. The van der Waals surface area contributed by atoms with Crippen LogP contribution in [0.15, 0.2) is 100 Å². The molecule has 0 saturated heterocycles. The van der Waals surface area contributed by atoms with Crippen molar-refractivity contribution < 1.29 is 23.9 Å². The molecule has 6 rings (SSSR count). The van der Waals surface area contributed by atoms with Crippen LogP contribution in [0.3, 0.4) is 0 Å². The average molecular weight is 685 g/mol. The van der Waals surface area contributed by atoms with Crippen LogP contribution in [0.5, 0.6) is 5.75 Å². The van der Waals surface area contributed by atoms with Gasteiger partial charge in [0.1, 0.15) is 17.1 Å². The van der Waals surface area contributed by atoms with Crippen LogP contribution in [0.1, 0.15) is 22.3 Å². The molecule has 0 saturated carbocycles. The number of halogens is 2. The van der Waals surface area contributed by atoms with E-state index in [-0.39, 0.29) is 38.0 Å². The van der Waals surface area contributed by atoms with Gasteiger partial charge in [0.05, 0.1) is 15.3 Å². The molecule has 0 atom stereocenters. The van der Waals surface area contributed by atoms with Gasteiger partial charge in [0.2, 0.25) is 5.43 Å². The fraction of sp³-hybridized carbons (Fsp3) is 0.0541. The van der Waals surface area contributed by atoms with Crippen LogP contribution in [0.4, 0.5) is 5.69 Å². The standard InChI is InChI=1S/C37H28Cl2NO6P/c1-40(2)26-14-11-24(12-15-26)8-7-22-3-5-23(6-4-22)9-10-25-13-16-27(36(17-25)47(43,44)45)37-28-18-30(38)32(41)20-34(28)46-35-21-33(42)31(39)19-29(35)37/h3-21,41H,1-2H3,(H2,43,44,45)/b8-7+,10-9+. The van der Waals surface area contributed by atoms with Crippen LogP contribution in [-0.2, 0) is 4.57 Å². The Morgan fingerprint density at radius 3 is 1.83 bits per heavy atom. The maximum atomic E-state index is 12.9. The van der Waals surface area contributed by atoms with Gasteiger partial charge in [-0.05, 0) is 58.1 Å². The van der Waals surface area contributed by atoms with E-state index in [2.05, 4.69) is 29.2 Å². The summed E-state index contributed by atoms with van der Waals surface area (Å²) in [5.74, 6) is -0.121. The van der Waals surface area contributed by atoms with Crippen molar-refractivity contribution >= 4 is 77.1 Å². The highest BCUT2D eigenvalue weighted by molar-refractivity contribution is 7.60. The summed E-state index contributed by atoms with van der Waals surface area (Å²) in [6, 6.07) is 26.3. The fourth-order valence-corrected chi connectivity index (χ4v) is 6.43. The normalized spacial score (nSPS) is 12.1. The van der Waals surface area contributed by atoms with Gasteiger partial charge in [0.25, 0.3) is 0 Å². The van der Waals surface area contributed by atoms with E-state index in [1.165, 1.54) is 30.3 Å². The molecule has 4 aromatic carbocycles. The Labute approximate surface area is 280 Å². The molecule has 0 aromatic heterocycles. The Hall–Kier alpha value is -4.62. The third-order valence-corrected chi connectivity index (χ3v) is 9.32. The number of phenols is 1. The lowest BCUT2D eigenvalue weighted by Gasteiger charge is -2.19. The number of nitrogens with zero attached hydrogens (tertiary/aromatic N) is 1. The number of hydrogen-bond donors (Lipinski definition) is 3. The number of benzene rings is 5. The molecule has 4 aromatic rings. The average Bonchev–Trinajstić information content (AvgIpc) is 3.03. The fourth-order valence-electron chi connectivity index (χ4n) is 5.28. The molecule has 1 aliphatic heterocycles. The van der Waals surface area contributed by atoms with Crippen molar-refractivity contribution in [2.45, 2.75) is 0 Å². The first-order valence-electron chi connectivity index (χ1n) is 14.4. The summed E-state index contributed by atoms with van der Waals surface area (Å²) in [5, 5.41) is 10.3. The third kappa shape index (κ3) is 6.91. The summed E-state index contributed by atoms with van der Waals surface area (Å²) in [7, 11) is -0.834. The minimum atomic E-state index is -4.84. The van der Waals surface area contributed by atoms with Crippen LogP contribution in [-0.4, -0.2) is 29.0 Å². The summed E-state index contributed by atoms with van der Waals surface area (Å²) >= 11 is 12.4. The van der Waals surface area contributed by atoms with Crippen molar-refractivity contribution in [1.29, 1.82) is 0 Å². The van der Waals surface area contributed by atoms with E-state index in [0.29, 0.717) is 22.1 Å². The molecule has 47 heavy (non-hydrogen) atoms. The molecule has 236 valence electrons. The van der Waals surface area contributed by atoms with Crippen LogP contribution < -0.4 is 15.6 Å². The molecule has 1 aliphatic carbocycles.